The van der Waals surface area contributed by atoms with Crippen LogP contribution in [0.15, 0.2) is 53.4 Å². The fourth-order valence-electron chi connectivity index (χ4n) is 3.93. The lowest BCUT2D eigenvalue weighted by molar-refractivity contribution is -0.120. The van der Waals surface area contributed by atoms with Crippen LogP contribution in [-0.2, 0) is 19.6 Å². The smallest absolute Gasteiger partial charge is 0.410 e. The second kappa shape index (κ2) is 9.99. The van der Waals surface area contributed by atoms with Crippen LogP contribution in [0.5, 0.6) is 0 Å². The summed E-state index contributed by atoms with van der Waals surface area (Å²) in [5.41, 5.74) is 0.571. The first-order chi connectivity index (χ1) is 16.2. The van der Waals surface area contributed by atoms with E-state index in [2.05, 4.69) is 10.0 Å². The molecule has 2 aromatic carbocycles. The van der Waals surface area contributed by atoms with Crippen LogP contribution in [0.1, 0.15) is 54.4 Å². The van der Waals surface area contributed by atoms with E-state index in [0.29, 0.717) is 29.8 Å². The highest BCUT2D eigenvalue weighted by atomic mass is 32.2. The van der Waals surface area contributed by atoms with Crippen LogP contribution < -0.4 is 10.0 Å². The van der Waals surface area contributed by atoms with Crippen molar-refractivity contribution in [3.63, 3.8) is 0 Å². The molecule has 2 aromatic rings. The molecule has 9 heteroatoms. The van der Waals surface area contributed by atoms with E-state index in [4.69, 9.17) is 4.74 Å². The van der Waals surface area contributed by atoms with Crippen molar-refractivity contribution in [3.05, 3.63) is 48.5 Å². The SMILES string of the molecule is CC(C)(C)NS(=O)(=O)c1ccccc1-c1ccc(NC(=O)[C@@H]2CCCN2C(=O)OC(C)(C)C)cc1. The third kappa shape index (κ3) is 7.05. The van der Waals surface area contributed by atoms with Gasteiger partial charge in [0.15, 0.2) is 0 Å². The minimum Gasteiger partial charge on any atom is -0.444 e. The molecule has 0 aliphatic carbocycles. The van der Waals surface area contributed by atoms with Crippen LogP contribution in [0.3, 0.4) is 0 Å². The minimum atomic E-state index is -3.73. The lowest BCUT2D eigenvalue weighted by Crippen LogP contribution is -2.45. The van der Waals surface area contributed by atoms with Crippen molar-refractivity contribution in [3.8, 4) is 11.1 Å². The first-order valence-corrected chi connectivity index (χ1v) is 13.2. The van der Waals surface area contributed by atoms with Gasteiger partial charge in [0, 0.05) is 23.3 Å². The standard InChI is InChI=1S/C26H35N3O5S/c1-25(2,3)28-35(32,33)22-12-8-7-10-20(22)18-13-15-19(16-14-18)27-23(30)21-11-9-17-29(21)24(31)34-26(4,5)6/h7-8,10,12-16,21,28H,9,11,17H2,1-6H3,(H,27,30)/t21-/m0/s1. The molecular weight excluding hydrogens is 466 g/mol. The van der Waals surface area contributed by atoms with Gasteiger partial charge in [-0.2, -0.15) is 0 Å². The highest BCUT2D eigenvalue weighted by Crippen LogP contribution is 2.29. The maximum absolute atomic E-state index is 13.0. The minimum absolute atomic E-state index is 0.186. The van der Waals surface area contributed by atoms with Crippen molar-refractivity contribution < 1.29 is 22.7 Å². The number of ether oxygens (including phenoxy) is 1. The Balaban J connectivity index is 1.76. The summed E-state index contributed by atoms with van der Waals surface area (Å²) < 4.78 is 34.1. The number of nitrogens with zero attached hydrogens (tertiary/aromatic N) is 1. The number of carbonyl (C=O) groups excluding carboxylic acids is 2. The van der Waals surface area contributed by atoms with Crippen LogP contribution >= 0.6 is 0 Å². The van der Waals surface area contributed by atoms with Gasteiger partial charge in [0.1, 0.15) is 11.6 Å². The third-order valence-electron chi connectivity index (χ3n) is 5.26. The fourth-order valence-corrected chi connectivity index (χ4v) is 5.58. The number of hydrogen-bond donors (Lipinski definition) is 2. The van der Waals surface area contributed by atoms with Gasteiger partial charge >= 0.3 is 6.09 Å². The molecule has 0 aromatic heterocycles. The Hall–Kier alpha value is -2.91. The largest absolute Gasteiger partial charge is 0.444 e. The molecule has 8 nitrogen and oxygen atoms in total. The van der Waals surface area contributed by atoms with Gasteiger partial charge in [-0.1, -0.05) is 30.3 Å². The Morgan fingerprint density at radius 2 is 1.60 bits per heavy atom. The Morgan fingerprint density at radius 3 is 2.20 bits per heavy atom. The Bertz CT molecular complexity index is 1180. The molecule has 3 rings (SSSR count). The molecule has 2 N–H and O–H groups in total. The van der Waals surface area contributed by atoms with Crippen molar-refractivity contribution in [2.45, 2.75) is 76.5 Å². The summed E-state index contributed by atoms with van der Waals surface area (Å²) in [6.45, 7) is 11.2. The summed E-state index contributed by atoms with van der Waals surface area (Å²) in [7, 11) is -3.73. The third-order valence-corrected chi connectivity index (χ3v) is 7.08. The quantitative estimate of drug-likeness (QED) is 0.614. The molecular formula is C26H35N3O5S. The summed E-state index contributed by atoms with van der Waals surface area (Å²) >= 11 is 0. The zero-order valence-corrected chi connectivity index (χ0v) is 22.0. The van der Waals surface area contributed by atoms with Gasteiger partial charge in [-0.15, -0.1) is 0 Å². The van der Waals surface area contributed by atoms with Crippen LogP contribution in [0, 0.1) is 0 Å². The highest BCUT2D eigenvalue weighted by Gasteiger charge is 2.36. The van der Waals surface area contributed by atoms with Crippen LogP contribution in [0.25, 0.3) is 11.1 Å². The fraction of sp³-hybridized carbons (Fsp3) is 0.462. The lowest BCUT2D eigenvalue weighted by Gasteiger charge is -2.28. The molecule has 1 heterocycles. The van der Waals surface area contributed by atoms with Gasteiger partial charge in [-0.3, -0.25) is 9.69 Å². The summed E-state index contributed by atoms with van der Waals surface area (Å²) in [5.74, 6) is -0.279. The van der Waals surface area contributed by atoms with Gasteiger partial charge < -0.3 is 10.1 Å². The van der Waals surface area contributed by atoms with Gasteiger partial charge in [0.25, 0.3) is 0 Å². The van der Waals surface area contributed by atoms with E-state index < -0.39 is 33.3 Å². The van der Waals surface area contributed by atoms with Crippen molar-refractivity contribution >= 4 is 27.7 Å². The van der Waals surface area contributed by atoms with Crippen LogP contribution in [0.2, 0.25) is 0 Å². The number of anilines is 1. The van der Waals surface area contributed by atoms with E-state index >= 15 is 0 Å². The second-order valence-electron chi connectivity index (χ2n) is 10.8. The number of nitrogens with one attached hydrogen (secondary N) is 2. The molecule has 0 bridgehead atoms. The average molecular weight is 502 g/mol. The molecule has 0 unspecified atom stereocenters. The second-order valence-corrected chi connectivity index (χ2v) is 12.4. The Morgan fingerprint density at radius 1 is 0.971 bits per heavy atom. The van der Waals surface area contributed by atoms with E-state index in [1.54, 1.807) is 90.1 Å². The van der Waals surface area contributed by atoms with E-state index in [1.807, 2.05) is 0 Å². The monoisotopic (exact) mass is 501 g/mol. The predicted octanol–water partition coefficient (Wildman–Crippen LogP) is 4.77. The summed E-state index contributed by atoms with van der Waals surface area (Å²) in [6.07, 6.45) is 0.798. The number of sulfonamides is 1. The van der Waals surface area contributed by atoms with E-state index in [1.165, 1.54) is 4.90 Å². The summed E-state index contributed by atoms with van der Waals surface area (Å²) in [4.78, 5) is 27.1. The maximum Gasteiger partial charge on any atom is 0.410 e. The maximum atomic E-state index is 13.0. The van der Waals surface area contributed by atoms with Gasteiger partial charge in [0.2, 0.25) is 15.9 Å². The Labute approximate surface area is 208 Å². The number of likely N-dealkylation sites (tertiary alicyclic amines) is 1. The molecule has 1 aliphatic heterocycles. The van der Waals surface area contributed by atoms with Crippen LogP contribution in [0.4, 0.5) is 10.5 Å². The van der Waals surface area contributed by atoms with Gasteiger partial charge in [-0.25, -0.2) is 17.9 Å². The molecule has 1 atom stereocenters. The van der Waals surface area contributed by atoms with Crippen molar-refractivity contribution in [2.75, 3.05) is 11.9 Å². The predicted molar refractivity (Wildman–Crippen MR) is 137 cm³/mol. The van der Waals surface area contributed by atoms with Crippen molar-refractivity contribution in [1.29, 1.82) is 0 Å². The van der Waals surface area contributed by atoms with Gasteiger partial charge in [-0.05, 0) is 78.1 Å². The van der Waals surface area contributed by atoms with Gasteiger partial charge in [0.05, 0.1) is 4.90 Å². The Kier molecular flexibility index (Phi) is 7.62. The van der Waals surface area contributed by atoms with Crippen molar-refractivity contribution in [1.82, 2.24) is 9.62 Å². The molecule has 0 radical (unpaired) electrons. The number of amides is 2. The first kappa shape index (κ1) is 26.7. The molecule has 1 aliphatic rings. The van der Waals surface area contributed by atoms with Crippen LogP contribution in [-0.4, -0.2) is 49.0 Å². The number of carbonyl (C=O) groups is 2. The number of benzene rings is 2. The van der Waals surface area contributed by atoms with Crippen molar-refractivity contribution in [2.24, 2.45) is 0 Å². The molecule has 1 fully saturated rings. The molecule has 0 saturated carbocycles. The molecule has 0 spiro atoms. The number of rotatable bonds is 5. The summed E-state index contributed by atoms with van der Waals surface area (Å²) in [5, 5.41) is 2.87. The zero-order chi connectivity index (χ0) is 26.0. The molecule has 2 amide bonds. The first-order valence-electron chi connectivity index (χ1n) is 11.7. The normalized spacial score (nSPS) is 16.7. The molecule has 190 valence electrons. The zero-order valence-electron chi connectivity index (χ0n) is 21.2. The van der Waals surface area contributed by atoms with E-state index in [9.17, 15) is 18.0 Å². The highest BCUT2D eigenvalue weighted by molar-refractivity contribution is 7.89. The molecule has 1 saturated heterocycles. The summed E-state index contributed by atoms with van der Waals surface area (Å²) in [6, 6.07) is 13.2. The topological polar surface area (TPSA) is 105 Å². The average Bonchev–Trinajstić information content (AvgIpc) is 3.22. The van der Waals surface area contributed by atoms with E-state index in [-0.39, 0.29) is 10.8 Å². The molecule has 35 heavy (non-hydrogen) atoms. The number of hydrogen-bond acceptors (Lipinski definition) is 5. The lowest BCUT2D eigenvalue weighted by atomic mass is 10.1. The van der Waals surface area contributed by atoms with E-state index in [0.717, 1.165) is 6.42 Å².